The van der Waals surface area contributed by atoms with E-state index >= 15 is 24.0 Å². The Kier molecular flexibility index (Phi) is 41.9. The lowest BCUT2D eigenvalue weighted by Crippen LogP contribution is -2.62. The lowest BCUT2D eigenvalue weighted by atomic mass is 9.88. The molecule has 0 radical (unpaired) electrons. The van der Waals surface area contributed by atoms with E-state index < -0.39 is 182 Å². The van der Waals surface area contributed by atoms with Gasteiger partial charge in [-0.05, 0) is 153 Å². The number of nitrogens with one attached hydrogen (secondary N) is 10. The monoisotopic (exact) mass is 1680 g/mol. The van der Waals surface area contributed by atoms with Crippen LogP contribution in [0.3, 0.4) is 0 Å². The summed E-state index contributed by atoms with van der Waals surface area (Å²) in [4.78, 5) is 199. The Morgan fingerprint density at radius 3 is 1.18 bits per heavy atom. The highest BCUT2D eigenvalue weighted by molar-refractivity contribution is 5.99. The van der Waals surface area contributed by atoms with Crippen LogP contribution in [0.15, 0.2) is 24.3 Å². The molecule has 0 aromatic carbocycles. The van der Waals surface area contributed by atoms with E-state index in [0.29, 0.717) is 77.3 Å². The van der Waals surface area contributed by atoms with Crippen LogP contribution in [0.1, 0.15) is 219 Å². The first kappa shape index (κ1) is 100. The fourth-order valence-electron chi connectivity index (χ4n) is 17.7. The van der Waals surface area contributed by atoms with Crippen LogP contribution in [0.4, 0.5) is 0 Å². The van der Waals surface area contributed by atoms with E-state index in [1.54, 1.807) is 35.8 Å². The third kappa shape index (κ3) is 28.6. The zero-order valence-electron chi connectivity index (χ0n) is 73.8. The van der Waals surface area contributed by atoms with Gasteiger partial charge in [0.25, 0.3) is 0 Å². The van der Waals surface area contributed by atoms with E-state index in [9.17, 15) is 58.8 Å². The van der Waals surface area contributed by atoms with Gasteiger partial charge in [0, 0.05) is 64.2 Å². The number of aliphatic hydroxyl groups is 3. The molecule has 119 heavy (non-hydrogen) atoms. The Bertz CT molecular complexity index is 3420. The number of carboxylic acid groups (broad SMARTS) is 1. The number of hydrogen-bond donors (Lipinski definition) is 14. The summed E-state index contributed by atoms with van der Waals surface area (Å²) >= 11 is 0. The Morgan fingerprint density at radius 2 is 0.773 bits per heavy atom. The molecule has 10 amide bonds. The number of nitrogens with zero attached hydrogens (tertiary/aromatic N) is 6. The molecule has 0 saturated carbocycles. The first-order valence-corrected chi connectivity index (χ1v) is 44.5. The molecule has 6 heterocycles. The lowest BCUT2D eigenvalue weighted by Gasteiger charge is -2.40. The molecule has 4 fully saturated rings. The molecule has 6 aliphatic heterocycles. The third-order valence-corrected chi connectivity index (χ3v) is 25.0. The van der Waals surface area contributed by atoms with Crippen LogP contribution < -0.4 is 53.2 Å². The van der Waals surface area contributed by atoms with E-state index in [0.717, 1.165) is 32.4 Å². The summed E-state index contributed by atoms with van der Waals surface area (Å²) in [6, 6.07) is -13.2. The third-order valence-electron chi connectivity index (χ3n) is 25.0. The fraction of sp³-hybridized carbons (Fsp3) is 0.802. The number of ketones is 2. The minimum atomic E-state index is -1.58. The molecule has 0 unspecified atom stereocenters. The molecule has 14 N–H and O–H groups in total. The number of carbonyl (C=O) groups excluding carboxylic acids is 12. The molecule has 33 heteroatoms. The Hall–Kier alpha value is -7.37. The Morgan fingerprint density at radius 1 is 0.412 bits per heavy atom. The number of carboxylic acids is 1. The second-order valence-corrected chi connectivity index (χ2v) is 35.4. The molecular formula is C86H148N16O17. The van der Waals surface area contributed by atoms with Crippen molar-refractivity contribution in [2.45, 2.75) is 310 Å². The highest BCUT2D eigenvalue weighted by atomic mass is 16.4. The predicted octanol–water partition coefficient (Wildman–Crippen LogP) is 2.01. The first-order chi connectivity index (χ1) is 56.6. The van der Waals surface area contributed by atoms with Gasteiger partial charge in [0.15, 0.2) is 11.6 Å². The summed E-state index contributed by atoms with van der Waals surface area (Å²) in [5, 5.41) is 71.3. The van der Waals surface area contributed by atoms with Crippen LogP contribution in [0, 0.1) is 47.3 Å². The lowest BCUT2D eigenvalue weighted by molar-refractivity contribution is -0.147. The van der Waals surface area contributed by atoms with Crippen molar-refractivity contribution in [3.63, 3.8) is 0 Å². The number of carbonyl (C=O) groups is 13. The number of hydrogen-bond acceptors (Lipinski definition) is 22. The van der Waals surface area contributed by atoms with Gasteiger partial charge in [-0.15, -0.1) is 0 Å². The number of allylic oxidation sites excluding steroid dienone is 2. The molecule has 20 atom stereocenters. The minimum absolute atomic E-state index is 0.0636. The summed E-state index contributed by atoms with van der Waals surface area (Å²) in [5.74, 6) is -11.1. The average Bonchev–Trinajstić information content (AvgIpc) is 1.73. The van der Waals surface area contributed by atoms with Gasteiger partial charge in [-0.1, -0.05) is 133 Å². The molecule has 6 aliphatic rings. The topological polar surface area (TPSA) is 443 Å². The zero-order chi connectivity index (χ0) is 88.1. The molecule has 0 aromatic heterocycles. The van der Waals surface area contributed by atoms with Gasteiger partial charge in [0.2, 0.25) is 59.1 Å². The van der Waals surface area contributed by atoms with Crippen LogP contribution in [-0.4, -0.2) is 303 Å². The van der Waals surface area contributed by atoms with Crippen LogP contribution in [0.2, 0.25) is 0 Å². The van der Waals surface area contributed by atoms with E-state index in [-0.39, 0.29) is 124 Å². The number of aliphatic carboxylic acids is 1. The van der Waals surface area contributed by atoms with Crippen molar-refractivity contribution in [2.75, 3.05) is 85.3 Å². The second kappa shape index (κ2) is 49.7. The highest BCUT2D eigenvalue weighted by Gasteiger charge is 2.48. The molecule has 6 rings (SSSR count). The van der Waals surface area contributed by atoms with Crippen LogP contribution >= 0.6 is 0 Å². The quantitative estimate of drug-likeness (QED) is 0.0396. The van der Waals surface area contributed by atoms with E-state index in [4.69, 9.17) is 0 Å². The van der Waals surface area contributed by atoms with Gasteiger partial charge in [-0.2, -0.15) is 0 Å². The van der Waals surface area contributed by atoms with Crippen LogP contribution in [0.5, 0.6) is 0 Å². The number of Topliss-reactive ketones (excluding diaryl/α,β-unsaturated/α-hetero) is 2. The molecule has 0 aliphatic carbocycles. The summed E-state index contributed by atoms with van der Waals surface area (Å²) in [7, 11) is 0. The van der Waals surface area contributed by atoms with Gasteiger partial charge in [-0.25, -0.2) is 0 Å². The number of rotatable bonds is 37. The van der Waals surface area contributed by atoms with E-state index in [2.05, 4.69) is 65.0 Å². The normalized spacial score (nSPS) is 26.2. The predicted molar refractivity (Wildman–Crippen MR) is 451 cm³/mol. The van der Waals surface area contributed by atoms with Gasteiger partial charge < -0.3 is 88.3 Å². The second-order valence-electron chi connectivity index (χ2n) is 35.4. The SMILES string of the molecule is CC[C@@H](C)[C@@H](C(=O)N[C@@H](CO)C(=O)N[C@@H](CC(C)C)C(=O)NCC(=O)O)N1CCCC[C@H](C(=O)[C@H](CC(C)C)NC(=O)[C@H](CO)NC(=O)[C@H]([C@H](C)CC)N2C/C=C\C[C@H](C(=O)[C@H](CC(C)C)NC(=O)[C@H](CO)NC(=O)[C@H]([C@H](C)CC)N3C/C=C\CCCN[C@H](C)N4CCC[C@H]4C3=O)CN[C@H](C)N3CCC[C@H]3C2=O)CN[C@H](C)N2CCC[C@H]2C1=O. The maximum absolute atomic E-state index is 15.3. The average molecular weight is 1680 g/mol. The van der Waals surface area contributed by atoms with Gasteiger partial charge in [0.1, 0.15) is 48.8 Å². The van der Waals surface area contributed by atoms with Crippen molar-refractivity contribution < 1.29 is 82.8 Å². The smallest absolute Gasteiger partial charge is 0.322 e. The van der Waals surface area contributed by atoms with Gasteiger partial charge in [-0.3, -0.25) is 77.0 Å². The van der Waals surface area contributed by atoms with Crippen molar-refractivity contribution in [3.05, 3.63) is 24.3 Å². The van der Waals surface area contributed by atoms with Crippen molar-refractivity contribution >= 4 is 76.6 Å². The van der Waals surface area contributed by atoms with Gasteiger partial charge in [0.05, 0.1) is 68.5 Å². The summed E-state index contributed by atoms with van der Waals surface area (Å²) in [6.45, 7) is 28.1. The summed E-state index contributed by atoms with van der Waals surface area (Å²) < 4.78 is 0. The van der Waals surface area contributed by atoms with E-state index in [1.165, 1.54) is 4.90 Å². The fourth-order valence-corrected chi connectivity index (χ4v) is 17.7. The molecule has 0 spiro atoms. The molecule has 4 saturated heterocycles. The summed E-state index contributed by atoms with van der Waals surface area (Å²) in [5.41, 5.74) is 0. The molecule has 0 bridgehead atoms. The van der Waals surface area contributed by atoms with E-state index in [1.807, 2.05) is 105 Å². The largest absolute Gasteiger partial charge is 0.480 e. The maximum atomic E-state index is 15.3. The van der Waals surface area contributed by atoms with Crippen molar-refractivity contribution in [2.24, 2.45) is 47.3 Å². The Balaban J connectivity index is 1.20. The first-order valence-electron chi connectivity index (χ1n) is 44.5. The van der Waals surface area contributed by atoms with Crippen LogP contribution in [-0.2, 0) is 62.3 Å². The zero-order valence-corrected chi connectivity index (χ0v) is 73.8. The number of aliphatic hydroxyl groups excluding tert-OH is 3. The molecule has 674 valence electrons. The maximum Gasteiger partial charge on any atom is 0.322 e. The molecule has 33 nitrogen and oxygen atoms in total. The summed E-state index contributed by atoms with van der Waals surface area (Å²) in [6.07, 6.45) is 14.8. The van der Waals surface area contributed by atoms with Crippen molar-refractivity contribution in [1.82, 2.24) is 82.6 Å². The van der Waals surface area contributed by atoms with Crippen LogP contribution in [0.25, 0.3) is 0 Å². The van der Waals surface area contributed by atoms with Crippen molar-refractivity contribution in [3.8, 4) is 0 Å². The molecule has 0 aromatic rings. The standard InChI is InChI=1S/C86H148N16O17/c1-16-54(10)72(100-36-24-20-19-23-35-87-57(13)97-39-27-32-68(97)84(100)117)81(114)94-65(48-103)78(111)91-62(42-51(4)5)75(108)60-30-21-25-37-101(85(118)69-33-28-40-98(69)58(14)88-45-60)73(55(11)17-2)82(115)95-66(49-104)79(112)92-63(43-52(6)7)76(109)61-31-22-26-38-102(86(119)70-34-29-41-99(70)59(15)89-46-61)74(56(12)18-3)83(116)96-67(50-105)80(113)93-64(44-53(8)9)77(110)90-47-71(106)107/h20-21,24-25,51-70,72-74,87-89,103-105H,16-19,22-23,26-50H2,1-15H3,(H,90,110)(H,91,111)(H,92,112)(H,93,113)(H,94,114)(H,95,115)(H,96,116)(H,106,107)/b24-20-,25-21-/t54-,55-,56-,57+,58+,59+,60+,61+,62+,63+,64+,65+,66+,67+,68+,69+,70+,72+,73+,74+/m1/s1. The number of amides is 10. The number of fused-ring (bicyclic) bond motifs is 3. The highest BCUT2D eigenvalue weighted by Crippen LogP contribution is 2.31. The minimum Gasteiger partial charge on any atom is -0.480 e. The Labute approximate surface area is 706 Å². The molecular weight excluding hydrogens is 1530 g/mol. The van der Waals surface area contributed by atoms with Crippen molar-refractivity contribution in [1.29, 1.82) is 0 Å². The van der Waals surface area contributed by atoms with Gasteiger partial charge >= 0.3 is 5.97 Å².